The lowest BCUT2D eigenvalue weighted by molar-refractivity contribution is 0.0136. The summed E-state index contributed by atoms with van der Waals surface area (Å²) in [5.74, 6) is 0.308. The van der Waals surface area contributed by atoms with Gasteiger partial charge in [0.15, 0.2) is 0 Å². The van der Waals surface area contributed by atoms with Gasteiger partial charge in [0.2, 0.25) is 0 Å². The van der Waals surface area contributed by atoms with Crippen LogP contribution in [-0.4, -0.2) is 18.8 Å². The first-order chi connectivity index (χ1) is 9.43. The normalized spacial score (nSPS) is 32.6. The van der Waals surface area contributed by atoms with Gasteiger partial charge in [-0.15, -0.1) is 0 Å². The second-order valence-electron chi connectivity index (χ2n) is 5.24. The number of benzene rings is 2. The van der Waals surface area contributed by atoms with Gasteiger partial charge in [0.25, 0.3) is 0 Å². The Labute approximate surface area is 113 Å². The van der Waals surface area contributed by atoms with Gasteiger partial charge in [0.05, 0.1) is 18.8 Å². The number of hydrogen-bond donors (Lipinski definition) is 0. The van der Waals surface area contributed by atoms with Crippen LogP contribution in [0.2, 0.25) is 0 Å². The molecule has 2 aromatic rings. The number of ether oxygens (including phenoxy) is 2. The molecule has 0 aliphatic carbocycles. The van der Waals surface area contributed by atoms with Gasteiger partial charge >= 0.3 is 0 Å². The van der Waals surface area contributed by atoms with Crippen LogP contribution in [-0.2, 0) is 9.47 Å². The molecule has 2 saturated heterocycles. The van der Waals surface area contributed by atoms with Crippen molar-refractivity contribution in [1.29, 1.82) is 0 Å². The van der Waals surface area contributed by atoms with Gasteiger partial charge < -0.3 is 9.47 Å². The molecule has 0 radical (unpaired) electrons. The van der Waals surface area contributed by atoms with E-state index in [0.717, 1.165) is 0 Å². The van der Waals surface area contributed by atoms with E-state index in [4.69, 9.17) is 9.47 Å². The second kappa shape index (κ2) is 4.48. The fourth-order valence-electron chi connectivity index (χ4n) is 3.07. The van der Waals surface area contributed by atoms with Gasteiger partial charge in [0, 0.05) is 5.92 Å². The van der Waals surface area contributed by atoms with Crippen molar-refractivity contribution in [3.05, 3.63) is 71.8 Å². The molecule has 2 nitrogen and oxygen atoms in total. The SMILES string of the molecule is c1ccc([C@@H]2[C@H]3O[C@H]3CO[C@H]2c2ccccc2)cc1. The van der Waals surface area contributed by atoms with E-state index in [9.17, 15) is 0 Å². The Balaban J connectivity index is 1.72. The van der Waals surface area contributed by atoms with Gasteiger partial charge in [-0.3, -0.25) is 0 Å². The van der Waals surface area contributed by atoms with Crippen molar-refractivity contribution in [1.82, 2.24) is 0 Å². The fraction of sp³-hybridized carbons (Fsp3) is 0.294. The average Bonchev–Trinajstić information content (AvgIpc) is 3.27. The Kier molecular flexibility index (Phi) is 2.64. The summed E-state index contributed by atoms with van der Waals surface area (Å²) in [5.41, 5.74) is 2.55. The first-order valence-electron chi connectivity index (χ1n) is 6.80. The molecule has 0 saturated carbocycles. The minimum absolute atomic E-state index is 0.104. The van der Waals surface area contributed by atoms with E-state index in [0.29, 0.717) is 24.7 Å². The standard InChI is InChI=1S/C17H16O2/c1-3-7-12(8-4-1)15-16(13-9-5-2-6-10-13)18-11-14-17(15)19-14/h1-10,14-17H,11H2/t14-,15-,16-,17-/m0/s1. The summed E-state index contributed by atoms with van der Waals surface area (Å²) in [6.45, 7) is 0.716. The first kappa shape index (κ1) is 11.2. The molecule has 0 bridgehead atoms. The number of rotatable bonds is 2. The molecule has 0 aromatic heterocycles. The molecule has 2 heterocycles. The molecule has 0 amide bonds. The largest absolute Gasteiger partial charge is 0.370 e. The Morgan fingerprint density at radius 1 is 0.789 bits per heavy atom. The highest BCUT2D eigenvalue weighted by Crippen LogP contribution is 2.49. The van der Waals surface area contributed by atoms with Crippen molar-refractivity contribution < 1.29 is 9.47 Å². The topological polar surface area (TPSA) is 21.8 Å². The lowest BCUT2D eigenvalue weighted by atomic mass is 9.84. The molecule has 2 fully saturated rings. The number of epoxide rings is 1. The van der Waals surface area contributed by atoms with Crippen molar-refractivity contribution in [2.24, 2.45) is 0 Å². The fourth-order valence-corrected chi connectivity index (χ4v) is 3.07. The van der Waals surface area contributed by atoms with Crippen molar-refractivity contribution >= 4 is 0 Å². The lowest BCUT2D eigenvalue weighted by Gasteiger charge is -2.30. The van der Waals surface area contributed by atoms with E-state index in [-0.39, 0.29) is 6.10 Å². The third-order valence-electron chi connectivity index (χ3n) is 4.05. The average molecular weight is 252 g/mol. The molecule has 2 aliphatic rings. The maximum absolute atomic E-state index is 6.06. The van der Waals surface area contributed by atoms with Gasteiger partial charge in [-0.05, 0) is 11.1 Å². The summed E-state index contributed by atoms with van der Waals surface area (Å²) in [6.07, 6.45) is 0.721. The van der Waals surface area contributed by atoms with E-state index in [1.807, 2.05) is 6.07 Å². The molecule has 4 atom stereocenters. The third kappa shape index (κ3) is 1.97. The van der Waals surface area contributed by atoms with Crippen molar-refractivity contribution in [2.75, 3.05) is 6.61 Å². The van der Waals surface area contributed by atoms with Crippen LogP contribution < -0.4 is 0 Å². The van der Waals surface area contributed by atoms with Gasteiger partial charge in [0.1, 0.15) is 6.10 Å². The van der Waals surface area contributed by atoms with E-state index in [1.165, 1.54) is 11.1 Å². The molecular formula is C17H16O2. The van der Waals surface area contributed by atoms with Crippen molar-refractivity contribution in [2.45, 2.75) is 24.2 Å². The van der Waals surface area contributed by atoms with Crippen LogP contribution in [0.4, 0.5) is 0 Å². The maximum Gasteiger partial charge on any atom is 0.108 e. The van der Waals surface area contributed by atoms with E-state index in [1.54, 1.807) is 0 Å². The van der Waals surface area contributed by atoms with Crippen LogP contribution in [0.15, 0.2) is 60.7 Å². The Morgan fingerprint density at radius 2 is 1.42 bits per heavy atom. The summed E-state index contributed by atoms with van der Waals surface area (Å²) in [5, 5.41) is 0. The molecule has 96 valence electrons. The molecule has 2 heteroatoms. The Bertz CT molecular complexity index is 552. The molecular weight excluding hydrogens is 236 g/mol. The molecule has 2 aromatic carbocycles. The summed E-state index contributed by atoms with van der Waals surface area (Å²) in [4.78, 5) is 0. The van der Waals surface area contributed by atoms with Gasteiger partial charge in [-0.1, -0.05) is 60.7 Å². The zero-order valence-electron chi connectivity index (χ0n) is 10.6. The zero-order valence-corrected chi connectivity index (χ0v) is 10.6. The number of fused-ring (bicyclic) bond motifs is 1. The minimum Gasteiger partial charge on any atom is -0.370 e. The minimum atomic E-state index is 0.104. The summed E-state index contributed by atoms with van der Waals surface area (Å²) in [6, 6.07) is 21.0. The molecule has 4 rings (SSSR count). The number of hydrogen-bond acceptors (Lipinski definition) is 2. The quantitative estimate of drug-likeness (QED) is 0.765. The maximum atomic E-state index is 6.06. The highest BCUT2D eigenvalue weighted by atomic mass is 16.6. The predicted octanol–water partition coefficient (Wildman–Crippen LogP) is 3.31. The van der Waals surface area contributed by atoms with E-state index in [2.05, 4.69) is 54.6 Å². The van der Waals surface area contributed by atoms with Crippen LogP contribution in [0, 0.1) is 0 Å². The van der Waals surface area contributed by atoms with Crippen molar-refractivity contribution in [3.8, 4) is 0 Å². The first-order valence-corrected chi connectivity index (χ1v) is 6.80. The molecule has 0 spiro atoms. The van der Waals surface area contributed by atoms with E-state index >= 15 is 0 Å². The highest BCUT2D eigenvalue weighted by Gasteiger charge is 2.53. The predicted molar refractivity (Wildman–Crippen MR) is 73.0 cm³/mol. The molecule has 2 aliphatic heterocycles. The monoisotopic (exact) mass is 252 g/mol. The van der Waals surface area contributed by atoms with Crippen LogP contribution in [0.25, 0.3) is 0 Å². The third-order valence-corrected chi connectivity index (χ3v) is 4.05. The second-order valence-corrected chi connectivity index (χ2v) is 5.24. The summed E-state index contributed by atoms with van der Waals surface area (Å²) in [7, 11) is 0. The molecule has 19 heavy (non-hydrogen) atoms. The van der Waals surface area contributed by atoms with Crippen LogP contribution >= 0.6 is 0 Å². The zero-order chi connectivity index (χ0) is 12.7. The van der Waals surface area contributed by atoms with Gasteiger partial charge in [-0.2, -0.15) is 0 Å². The summed E-state index contributed by atoms with van der Waals surface area (Å²) < 4.78 is 11.8. The van der Waals surface area contributed by atoms with Crippen LogP contribution in [0.1, 0.15) is 23.1 Å². The summed E-state index contributed by atoms with van der Waals surface area (Å²) >= 11 is 0. The van der Waals surface area contributed by atoms with E-state index < -0.39 is 0 Å². The lowest BCUT2D eigenvalue weighted by Crippen LogP contribution is -2.28. The van der Waals surface area contributed by atoms with Gasteiger partial charge in [-0.25, -0.2) is 0 Å². The Morgan fingerprint density at radius 3 is 2.11 bits per heavy atom. The molecule has 0 N–H and O–H groups in total. The molecule has 0 unspecified atom stereocenters. The van der Waals surface area contributed by atoms with Crippen LogP contribution in [0.3, 0.4) is 0 Å². The van der Waals surface area contributed by atoms with Crippen molar-refractivity contribution in [3.63, 3.8) is 0 Å². The Hall–Kier alpha value is -1.64. The highest BCUT2D eigenvalue weighted by molar-refractivity contribution is 5.31. The smallest absolute Gasteiger partial charge is 0.108 e. The van der Waals surface area contributed by atoms with Crippen LogP contribution in [0.5, 0.6) is 0 Å².